The van der Waals surface area contributed by atoms with Gasteiger partial charge < -0.3 is 5.11 Å². The quantitative estimate of drug-likeness (QED) is 0.927. The Morgan fingerprint density at radius 1 is 1.19 bits per heavy atom. The van der Waals surface area contributed by atoms with Crippen LogP contribution in [-0.2, 0) is 6.18 Å². The first-order chi connectivity index (χ1) is 9.71. The van der Waals surface area contributed by atoms with Crippen LogP contribution >= 0.6 is 0 Å². The molecule has 0 radical (unpaired) electrons. The van der Waals surface area contributed by atoms with E-state index < -0.39 is 28.8 Å². The van der Waals surface area contributed by atoms with E-state index in [4.69, 9.17) is 5.11 Å². The van der Waals surface area contributed by atoms with Crippen LogP contribution in [0.2, 0.25) is 0 Å². The summed E-state index contributed by atoms with van der Waals surface area (Å²) < 4.78 is 39.1. The van der Waals surface area contributed by atoms with E-state index >= 15 is 0 Å². The highest BCUT2D eigenvalue weighted by Gasteiger charge is 2.30. The maximum atomic E-state index is 12.7. The maximum absolute atomic E-state index is 12.7. The smallest absolute Gasteiger partial charge is 0.416 e. The SMILES string of the molecule is Cc1ccc(C(=O)O)c(=O)n1-c1cccc(C(F)(F)F)c1. The molecule has 0 aliphatic rings. The third-order valence-corrected chi connectivity index (χ3v) is 2.94. The van der Waals surface area contributed by atoms with Gasteiger partial charge in [-0.1, -0.05) is 6.07 Å². The Morgan fingerprint density at radius 3 is 2.43 bits per heavy atom. The standard InChI is InChI=1S/C14H10F3NO3/c1-8-5-6-11(13(20)21)12(19)18(8)10-4-2-3-9(7-10)14(15,16)17/h2-7H,1H3,(H,20,21). The molecule has 110 valence electrons. The molecule has 1 aromatic heterocycles. The molecule has 0 fully saturated rings. The summed E-state index contributed by atoms with van der Waals surface area (Å²) in [6.45, 7) is 1.51. The van der Waals surface area contributed by atoms with E-state index in [1.807, 2.05) is 0 Å². The fourth-order valence-electron chi connectivity index (χ4n) is 1.94. The van der Waals surface area contributed by atoms with Gasteiger partial charge in [-0.05, 0) is 37.3 Å². The minimum atomic E-state index is -4.54. The van der Waals surface area contributed by atoms with Crippen molar-refractivity contribution in [2.45, 2.75) is 13.1 Å². The number of alkyl halides is 3. The van der Waals surface area contributed by atoms with E-state index in [0.717, 1.165) is 28.8 Å². The molecule has 0 saturated carbocycles. The van der Waals surface area contributed by atoms with Gasteiger partial charge in [0.1, 0.15) is 5.56 Å². The van der Waals surface area contributed by atoms with Gasteiger partial charge in [-0.15, -0.1) is 0 Å². The Labute approximate surface area is 117 Å². The van der Waals surface area contributed by atoms with Crippen molar-refractivity contribution in [3.8, 4) is 5.69 Å². The lowest BCUT2D eigenvalue weighted by Gasteiger charge is -2.13. The zero-order chi connectivity index (χ0) is 15.8. The Morgan fingerprint density at radius 2 is 1.86 bits per heavy atom. The van der Waals surface area contributed by atoms with Gasteiger partial charge in [0.15, 0.2) is 0 Å². The van der Waals surface area contributed by atoms with Crippen LogP contribution in [0.25, 0.3) is 5.69 Å². The number of aromatic nitrogens is 1. The summed E-state index contributed by atoms with van der Waals surface area (Å²) in [5, 5.41) is 8.92. The fraction of sp³-hybridized carbons (Fsp3) is 0.143. The minimum Gasteiger partial charge on any atom is -0.477 e. The summed E-state index contributed by atoms with van der Waals surface area (Å²) in [6, 6.07) is 6.66. The number of carbonyl (C=O) groups is 1. The molecule has 0 bridgehead atoms. The molecule has 2 aromatic rings. The predicted molar refractivity (Wildman–Crippen MR) is 68.7 cm³/mol. The Hall–Kier alpha value is -2.57. The van der Waals surface area contributed by atoms with Gasteiger partial charge in [-0.2, -0.15) is 13.2 Å². The van der Waals surface area contributed by atoms with Crippen molar-refractivity contribution in [1.82, 2.24) is 4.57 Å². The highest BCUT2D eigenvalue weighted by molar-refractivity contribution is 5.87. The van der Waals surface area contributed by atoms with Gasteiger partial charge in [-0.25, -0.2) is 4.79 Å². The molecule has 0 aliphatic carbocycles. The molecule has 0 spiro atoms. The summed E-state index contributed by atoms with van der Waals surface area (Å²) in [5.74, 6) is -1.43. The first-order valence-corrected chi connectivity index (χ1v) is 5.85. The van der Waals surface area contributed by atoms with Gasteiger partial charge >= 0.3 is 12.1 Å². The molecule has 4 nitrogen and oxygen atoms in total. The third kappa shape index (κ3) is 2.81. The minimum absolute atomic E-state index is 0.0320. The Bertz CT molecular complexity index is 763. The van der Waals surface area contributed by atoms with Crippen LogP contribution in [0, 0.1) is 6.92 Å². The van der Waals surface area contributed by atoms with Crippen LogP contribution in [0.1, 0.15) is 21.6 Å². The van der Waals surface area contributed by atoms with Crippen LogP contribution in [0.3, 0.4) is 0 Å². The zero-order valence-electron chi connectivity index (χ0n) is 10.8. The average molecular weight is 297 g/mol. The van der Waals surface area contributed by atoms with Crippen molar-refractivity contribution < 1.29 is 23.1 Å². The largest absolute Gasteiger partial charge is 0.477 e. The molecular weight excluding hydrogens is 287 g/mol. The number of hydrogen-bond acceptors (Lipinski definition) is 2. The second kappa shape index (κ2) is 5.08. The summed E-state index contributed by atoms with van der Waals surface area (Å²) in [6.07, 6.45) is -4.54. The van der Waals surface area contributed by atoms with Crippen LogP contribution in [0.5, 0.6) is 0 Å². The van der Waals surface area contributed by atoms with E-state index in [0.29, 0.717) is 5.69 Å². The Balaban J connectivity index is 2.71. The monoisotopic (exact) mass is 297 g/mol. The summed E-state index contributed by atoms with van der Waals surface area (Å²) >= 11 is 0. The number of nitrogens with zero attached hydrogens (tertiary/aromatic N) is 1. The van der Waals surface area contributed by atoms with Crippen molar-refractivity contribution >= 4 is 5.97 Å². The maximum Gasteiger partial charge on any atom is 0.416 e. The van der Waals surface area contributed by atoms with Crippen molar-refractivity contribution in [2.75, 3.05) is 0 Å². The lowest BCUT2D eigenvalue weighted by atomic mass is 10.1. The molecule has 0 saturated heterocycles. The molecule has 0 unspecified atom stereocenters. The van der Waals surface area contributed by atoms with E-state index in [-0.39, 0.29) is 5.69 Å². The third-order valence-electron chi connectivity index (χ3n) is 2.94. The highest BCUT2D eigenvalue weighted by atomic mass is 19.4. The van der Waals surface area contributed by atoms with Crippen molar-refractivity contribution in [3.05, 3.63) is 63.6 Å². The van der Waals surface area contributed by atoms with E-state index in [9.17, 15) is 22.8 Å². The lowest BCUT2D eigenvalue weighted by molar-refractivity contribution is -0.137. The molecule has 0 amide bonds. The van der Waals surface area contributed by atoms with Crippen LogP contribution in [0.4, 0.5) is 13.2 Å². The first-order valence-electron chi connectivity index (χ1n) is 5.85. The van der Waals surface area contributed by atoms with Crippen molar-refractivity contribution in [3.63, 3.8) is 0 Å². The molecule has 21 heavy (non-hydrogen) atoms. The van der Waals surface area contributed by atoms with E-state index in [2.05, 4.69) is 0 Å². The number of rotatable bonds is 2. The number of halogens is 3. The molecule has 1 N–H and O–H groups in total. The van der Waals surface area contributed by atoms with Crippen LogP contribution in [0.15, 0.2) is 41.2 Å². The summed E-state index contributed by atoms with van der Waals surface area (Å²) in [5.41, 5.74) is -1.98. The lowest BCUT2D eigenvalue weighted by Crippen LogP contribution is -2.26. The van der Waals surface area contributed by atoms with E-state index in [1.54, 1.807) is 0 Å². The number of aromatic carboxylic acids is 1. The second-order valence-electron chi connectivity index (χ2n) is 4.38. The average Bonchev–Trinajstić information content (AvgIpc) is 2.37. The normalized spacial score (nSPS) is 11.4. The predicted octanol–water partition coefficient (Wildman–Crippen LogP) is 2.86. The number of pyridine rings is 1. The first kappa shape index (κ1) is 14.8. The fourth-order valence-corrected chi connectivity index (χ4v) is 1.94. The summed E-state index contributed by atoms with van der Waals surface area (Å²) in [7, 11) is 0. The van der Waals surface area contributed by atoms with Gasteiger partial charge in [0.25, 0.3) is 5.56 Å². The number of aryl methyl sites for hydroxylation is 1. The number of carboxylic acids is 1. The van der Waals surface area contributed by atoms with Gasteiger partial charge in [0.2, 0.25) is 0 Å². The second-order valence-corrected chi connectivity index (χ2v) is 4.38. The molecule has 0 aliphatic heterocycles. The van der Waals surface area contributed by atoms with Crippen LogP contribution in [-0.4, -0.2) is 15.6 Å². The molecule has 0 atom stereocenters. The van der Waals surface area contributed by atoms with E-state index in [1.165, 1.54) is 19.1 Å². The number of benzene rings is 1. The van der Waals surface area contributed by atoms with Gasteiger partial charge in [0, 0.05) is 11.4 Å². The van der Waals surface area contributed by atoms with Crippen LogP contribution < -0.4 is 5.56 Å². The number of hydrogen-bond donors (Lipinski definition) is 1. The molecule has 7 heteroatoms. The topological polar surface area (TPSA) is 59.3 Å². The number of carboxylic acid groups (broad SMARTS) is 1. The molecule has 1 heterocycles. The van der Waals surface area contributed by atoms with Gasteiger partial charge in [0.05, 0.1) is 5.56 Å². The molecule has 1 aromatic carbocycles. The van der Waals surface area contributed by atoms with Crippen molar-refractivity contribution in [2.24, 2.45) is 0 Å². The van der Waals surface area contributed by atoms with Gasteiger partial charge in [-0.3, -0.25) is 9.36 Å². The van der Waals surface area contributed by atoms with Crippen molar-refractivity contribution in [1.29, 1.82) is 0 Å². The molecular formula is C14H10F3NO3. The zero-order valence-corrected chi connectivity index (χ0v) is 10.8. The Kier molecular flexibility index (Phi) is 3.59. The molecule has 2 rings (SSSR count). The summed E-state index contributed by atoms with van der Waals surface area (Å²) in [4.78, 5) is 23.0. The highest BCUT2D eigenvalue weighted by Crippen LogP contribution is 2.30.